The molecule has 3 rings (SSSR count). The minimum Gasteiger partial charge on any atom is -0.422 e. The van der Waals surface area contributed by atoms with Gasteiger partial charge in [-0.05, 0) is 44.1 Å². The summed E-state index contributed by atoms with van der Waals surface area (Å²) in [5.41, 5.74) is 5.31. The molecule has 0 radical (unpaired) electrons. The van der Waals surface area contributed by atoms with Gasteiger partial charge in [0, 0.05) is 5.92 Å². The van der Waals surface area contributed by atoms with Crippen LogP contribution in [0.4, 0.5) is 5.88 Å². The van der Waals surface area contributed by atoms with Crippen LogP contribution in [0.3, 0.4) is 0 Å². The number of aryl methyl sites for hydroxylation is 1. The maximum absolute atomic E-state index is 9.35. The molecule has 1 fully saturated rings. The van der Waals surface area contributed by atoms with Gasteiger partial charge >= 0.3 is 0 Å². The van der Waals surface area contributed by atoms with Gasteiger partial charge in [-0.3, -0.25) is 0 Å². The molecule has 2 aromatic rings. The van der Waals surface area contributed by atoms with Gasteiger partial charge < -0.3 is 4.42 Å². The van der Waals surface area contributed by atoms with Crippen LogP contribution in [0, 0.1) is 24.2 Å². The van der Waals surface area contributed by atoms with Gasteiger partial charge in [0.25, 0.3) is 5.88 Å². The number of nitrogens with zero attached hydrogens (tertiary/aromatic N) is 3. The smallest absolute Gasteiger partial charge is 0.252 e. The fourth-order valence-corrected chi connectivity index (χ4v) is 3.67. The molecule has 1 saturated carbocycles. The molecule has 0 amide bonds. The molecule has 27 heavy (non-hydrogen) atoms. The molecule has 1 N–H and O–H groups in total. The molecule has 0 saturated heterocycles. The Morgan fingerprint density at radius 1 is 1.26 bits per heavy atom. The molecule has 0 atom stereocenters. The highest BCUT2D eigenvalue weighted by atomic mass is 16.4. The Morgan fingerprint density at radius 2 is 2.00 bits per heavy atom. The predicted molar refractivity (Wildman–Crippen MR) is 108 cm³/mol. The maximum atomic E-state index is 9.35. The van der Waals surface area contributed by atoms with Gasteiger partial charge in [0.05, 0.1) is 6.21 Å². The summed E-state index contributed by atoms with van der Waals surface area (Å²) < 4.78 is 5.86. The summed E-state index contributed by atoms with van der Waals surface area (Å²) in [6.07, 6.45) is 10.3. The van der Waals surface area contributed by atoms with Gasteiger partial charge in [-0.25, -0.2) is 10.4 Å². The Morgan fingerprint density at radius 3 is 2.67 bits per heavy atom. The number of aromatic nitrogens is 1. The predicted octanol–water partition coefficient (Wildman–Crippen LogP) is 5.76. The average Bonchev–Trinajstić information content (AvgIpc) is 3.11. The van der Waals surface area contributed by atoms with Crippen LogP contribution in [0.1, 0.15) is 80.5 Å². The van der Waals surface area contributed by atoms with Crippen LogP contribution < -0.4 is 5.43 Å². The highest BCUT2D eigenvalue weighted by Gasteiger charge is 2.27. The summed E-state index contributed by atoms with van der Waals surface area (Å²) in [5.74, 6) is 2.16. The number of hydrazone groups is 1. The Hall–Kier alpha value is -2.61. The number of unbranched alkanes of at least 4 members (excludes halogenated alkanes) is 1. The molecule has 0 aliphatic heterocycles. The molecule has 0 unspecified atom stereocenters. The average molecular weight is 364 g/mol. The summed E-state index contributed by atoms with van der Waals surface area (Å²) in [4.78, 5) is 4.41. The molecule has 142 valence electrons. The molecule has 1 aliphatic carbocycles. The maximum Gasteiger partial charge on any atom is 0.252 e. The number of hydrogen-bond acceptors (Lipinski definition) is 5. The van der Waals surface area contributed by atoms with E-state index >= 15 is 0 Å². The third-order valence-corrected chi connectivity index (χ3v) is 5.37. The first kappa shape index (κ1) is 19.2. The van der Waals surface area contributed by atoms with Crippen LogP contribution in [0.2, 0.25) is 0 Å². The van der Waals surface area contributed by atoms with Gasteiger partial charge in [0.2, 0.25) is 11.6 Å². The number of nitrogens with one attached hydrogen (secondary N) is 1. The van der Waals surface area contributed by atoms with Crippen molar-refractivity contribution in [2.24, 2.45) is 11.0 Å². The van der Waals surface area contributed by atoms with Gasteiger partial charge in [0.15, 0.2) is 0 Å². The molecule has 1 aromatic carbocycles. The summed E-state index contributed by atoms with van der Waals surface area (Å²) in [6.45, 7) is 4.29. The molecule has 1 heterocycles. The highest BCUT2D eigenvalue weighted by Crippen LogP contribution is 2.38. The summed E-state index contributed by atoms with van der Waals surface area (Å²) in [6, 6.07) is 10.2. The number of oxazole rings is 1. The fraction of sp³-hybridized carbons (Fsp3) is 0.500. The summed E-state index contributed by atoms with van der Waals surface area (Å²) >= 11 is 0. The summed E-state index contributed by atoms with van der Waals surface area (Å²) in [7, 11) is 0. The third-order valence-electron chi connectivity index (χ3n) is 5.37. The van der Waals surface area contributed by atoms with Crippen molar-refractivity contribution < 1.29 is 4.42 Å². The van der Waals surface area contributed by atoms with E-state index in [1.807, 2.05) is 31.2 Å². The van der Waals surface area contributed by atoms with Gasteiger partial charge in [-0.1, -0.05) is 56.0 Å². The van der Waals surface area contributed by atoms with Crippen LogP contribution in [-0.4, -0.2) is 11.2 Å². The first-order valence-corrected chi connectivity index (χ1v) is 9.96. The third kappa shape index (κ3) is 5.19. The largest absolute Gasteiger partial charge is 0.422 e. The summed E-state index contributed by atoms with van der Waals surface area (Å²) in [5, 5.41) is 13.5. The standard InChI is InChI=1S/C22H28N4O/c1-3-4-5-17-10-12-19(13-11-17)21-25-20(14-23)22(27-21)26-24-15-18-8-6-16(2)7-9-18/h6-9,15,17,19,26H,3-5,10-13H2,1-2H3/b24-15+. The Balaban J connectivity index is 1.60. The zero-order valence-corrected chi connectivity index (χ0v) is 16.2. The van der Waals surface area contributed by atoms with Gasteiger partial charge in [-0.15, -0.1) is 0 Å². The molecule has 5 nitrogen and oxygen atoms in total. The molecule has 1 aromatic heterocycles. The van der Waals surface area contributed by atoms with Crippen LogP contribution in [0.25, 0.3) is 0 Å². The number of rotatable bonds is 7. The van der Waals surface area contributed by atoms with Crippen molar-refractivity contribution in [2.75, 3.05) is 5.43 Å². The zero-order valence-electron chi connectivity index (χ0n) is 16.2. The lowest BCUT2D eigenvalue weighted by Gasteiger charge is -2.26. The Labute approximate surface area is 161 Å². The fourth-order valence-electron chi connectivity index (χ4n) is 3.67. The molecule has 0 bridgehead atoms. The molecule has 5 heteroatoms. The van der Waals surface area contributed by atoms with Crippen LogP contribution in [0.5, 0.6) is 0 Å². The minimum absolute atomic E-state index is 0.277. The van der Waals surface area contributed by atoms with Crippen molar-refractivity contribution in [2.45, 2.75) is 64.7 Å². The SMILES string of the molecule is CCCCC1CCC(c2nc(C#N)c(N/N=C/c3ccc(C)cc3)o2)CC1. The van der Waals surface area contributed by atoms with Gasteiger partial charge in [-0.2, -0.15) is 10.4 Å². The lowest BCUT2D eigenvalue weighted by atomic mass is 9.80. The monoisotopic (exact) mass is 364 g/mol. The molecular weight excluding hydrogens is 336 g/mol. The van der Waals surface area contributed by atoms with Crippen molar-refractivity contribution in [1.29, 1.82) is 5.26 Å². The van der Waals surface area contributed by atoms with E-state index < -0.39 is 0 Å². The van der Waals surface area contributed by atoms with Gasteiger partial charge in [0.1, 0.15) is 6.07 Å². The second-order valence-corrected chi connectivity index (χ2v) is 7.48. The molecular formula is C22H28N4O. The topological polar surface area (TPSA) is 74.2 Å². The minimum atomic E-state index is 0.277. The lowest BCUT2D eigenvalue weighted by Crippen LogP contribution is -2.13. The van der Waals surface area contributed by atoms with E-state index in [0.717, 1.165) is 24.3 Å². The van der Waals surface area contributed by atoms with E-state index in [-0.39, 0.29) is 5.69 Å². The first-order chi connectivity index (χ1) is 13.2. The van der Waals surface area contributed by atoms with Crippen molar-refractivity contribution in [3.63, 3.8) is 0 Å². The van der Waals surface area contributed by atoms with E-state index in [0.29, 0.717) is 17.7 Å². The van der Waals surface area contributed by atoms with Crippen molar-refractivity contribution in [1.82, 2.24) is 4.98 Å². The number of anilines is 1. The van der Waals surface area contributed by atoms with Crippen molar-refractivity contribution in [3.05, 3.63) is 47.0 Å². The molecule has 0 spiro atoms. The first-order valence-electron chi connectivity index (χ1n) is 9.96. The second-order valence-electron chi connectivity index (χ2n) is 7.48. The van der Waals surface area contributed by atoms with E-state index in [9.17, 15) is 5.26 Å². The van der Waals surface area contributed by atoms with E-state index in [1.54, 1.807) is 6.21 Å². The van der Waals surface area contributed by atoms with Crippen molar-refractivity contribution in [3.8, 4) is 6.07 Å². The highest BCUT2D eigenvalue weighted by molar-refractivity contribution is 5.80. The van der Waals surface area contributed by atoms with E-state index in [1.165, 1.54) is 37.7 Å². The van der Waals surface area contributed by atoms with Crippen LogP contribution >= 0.6 is 0 Å². The zero-order chi connectivity index (χ0) is 19.1. The number of benzene rings is 1. The second kappa shape index (κ2) is 9.36. The number of nitriles is 1. The van der Waals surface area contributed by atoms with E-state index in [4.69, 9.17) is 4.42 Å². The van der Waals surface area contributed by atoms with Crippen LogP contribution in [-0.2, 0) is 0 Å². The Bertz CT molecular complexity index is 793. The van der Waals surface area contributed by atoms with Crippen molar-refractivity contribution >= 4 is 12.1 Å². The normalized spacial score (nSPS) is 19.9. The number of hydrogen-bond donors (Lipinski definition) is 1. The lowest BCUT2D eigenvalue weighted by molar-refractivity contribution is 0.278. The quantitative estimate of drug-likeness (QED) is 0.500. The molecule has 1 aliphatic rings. The van der Waals surface area contributed by atoms with E-state index in [2.05, 4.69) is 28.5 Å². The Kier molecular flexibility index (Phi) is 6.64. The van der Waals surface area contributed by atoms with Crippen LogP contribution in [0.15, 0.2) is 33.8 Å².